The van der Waals surface area contributed by atoms with Crippen molar-refractivity contribution in [3.05, 3.63) is 46.2 Å². The average molecular weight is 509 g/mol. The number of aromatic nitrogens is 3. The third-order valence-corrected chi connectivity index (χ3v) is 8.30. The molecule has 0 spiro atoms. The summed E-state index contributed by atoms with van der Waals surface area (Å²) in [5, 5.41) is 4.17. The van der Waals surface area contributed by atoms with Gasteiger partial charge >= 0.3 is 6.03 Å². The fourth-order valence-electron chi connectivity index (χ4n) is 6.05. The number of fused-ring (bicyclic) bond motifs is 5. The maximum atomic E-state index is 13.6. The van der Waals surface area contributed by atoms with Crippen LogP contribution in [0.5, 0.6) is 0 Å². The molecule has 7 heterocycles. The third-order valence-electron chi connectivity index (χ3n) is 8.01. The maximum absolute atomic E-state index is 13.6. The van der Waals surface area contributed by atoms with Gasteiger partial charge in [-0.1, -0.05) is 11.6 Å². The lowest BCUT2D eigenvalue weighted by Gasteiger charge is -2.47. The van der Waals surface area contributed by atoms with Gasteiger partial charge in [-0.25, -0.2) is 14.8 Å². The van der Waals surface area contributed by atoms with Gasteiger partial charge in [0.1, 0.15) is 5.52 Å². The molecule has 4 fully saturated rings. The molecule has 36 heavy (non-hydrogen) atoms. The number of piperidine rings is 1. The molecule has 0 radical (unpaired) electrons. The normalized spacial score (nSPS) is 25.9. The van der Waals surface area contributed by atoms with Crippen molar-refractivity contribution >= 4 is 28.8 Å². The Kier molecular flexibility index (Phi) is 5.61. The van der Waals surface area contributed by atoms with Crippen LogP contribution in [0.25, 0.3) is 22.4 Å². The molecule has 2 unspecified atom stereocenters. The molecule has 2 bridgehead atoms. The van der Waals surface area contributed by atoms with Gasteiger partial charge in [-0.05, 0) is 48.1 Å². The number of aromatic amines is 1. The van der Waals surface area contributed by atoms with Crippen LogP contribution in [0.4, 0.5) is 4.79 Å². The van der Waals surface area contributed by atoms with Gasteiger partial charge < -0.3 is 29.6 Å². The summed E-state index contributed by atoms with van der Waals surface area (Å²) in [7, 11) is 0. The number of morpholine rings is 2. The number of ether oxygens (including phenoxy) is 2. The van der Waals surface area contributed by atoms with Crippen molar-refractivity contribution in [1.82, 2.24) is 30.1 Å². The van der Waals surface area contributed by atoms with E-state index in [9.17, 15) is 4.79 Å². The van der Waals surface area contributed by atoms with Gasteiger partial charge in [-0.15, -0.1) is 0 Å². The van der Waals surface area contributed by atoms with Crippen molar-refractivity contribution in [3.63, 3.8) is 0 Å². The Balaban J connectivity index is 1.24. The number of nitrogens with zero attached hydrogens (tertiary/aromatic N) is 4. The predicted octanol–water partition coefficient (Wildman–Crippen LogP) is 3.28. The van der Waals surface area contributed by atoms with Gasteiger partial charge in [0.15, 0.2) is 5.65 Å². The minimum atomic E-state index is 0.0643. The molecule has 4 saturated heterocycles. The van der Waals surface area contributed by atoms with E-state index in [-0.39, 0.29) is 24.2 Å². The highest BCUT2D eigenvalue weighted by Gasteiger charge is 2.40. The van der Waals surface area contributed by atoms with Crippen molar-refractivity contribution in [3.8, 4) is 11.3 Å². The lowest BCUT2D eigenvalue weighted by Crippen LogP contribution is -2.60. The van der Waals surface area contributed by atoms with Crippen molar-refractivity contribution in [2.75, 3.05) is 39.5 Å². The molecule has 2 aromatic heterocycles. The highest BCUT2D eigenvalue weighted by Crippen LogP contribution is 2.35. The zero-order valence-corrected chi connectivity index (χ0v) is 20.8. The van der Waals surface area contributed by atoms with Crippen LogP contribution in [0.2, 0.25) is 5.02 Å². The van der Waals surface area contributed by atoms with Crippen molar-refractivity contribution in [1.29, 1.82) is 0 Å². The summed E-state index contributed by atoms with van der Waals surface area (Å²) in [6.45, 7) is 4.78. The smallest absolute Gasteiger partial charge is 0.320 e. The predicted molar refractivity (Wildman–Crippen MR) is 135 cm³/mol. The molecular formula is C26H29ClN6O3. The van der Waals surface area contributed by atoms with Crippen molar-refractivity contribution in [2.45, 2.75) is 44.0 Å². The largest absolute Gasteiger partial charge is 0.378 e. The van der Waals surface area contributed by atoms with Gasteiger partial charge in [0.25, 0.3) is 0 Å². The van der Waals surface area contributed by atoms with E-state index in [0.29, 0.717) is 55.6 Å². The Morgan fingerprint density at radius 1 is 1.22 bits per heavy atom. The quantitative estimate of drug-likeness (QED) is 0.551. The second kappa shape index (κ2) is 8.99. The molecule has 8 rings (SSSR count). The second-order valence-electron chi connectivity index (χ2n) is 10.2. The van der Waals surface area contributed by atoms with E-state index in [4.69, 9.17) is 26.1 Å². The van der Waals surface area contributed by atoms with Gasteiger partial charge in [-0.3, -0.25) is 0 Å². The number of hydrogen-bond acceptors (Lipinski definition) is 6. The Morgan fingerprint density at radius 3 is 2.94 bits per heavy atom. The number of hydrogen-bond donors (Lipinski definition) is 2. The van der Waals surface area contributed by atoms with Crippen molar-refractivity contribution < 1.29 is 14.3 Å². The number of amides is 2. The summed E-state index contributed by atoms with van der Waals surface area (Å²) < 4.78 is 11.7. The molecule has 10 heteroatoms. The number of carbonyl (C=O) groups is 1. The first kappa shape index (κ1) is 22.5. The first-order chi connectivity index (χ1) is 17.6. The van der Waals surface area contributed by atoms with E-state index in [1.165, 1.54) is 16.7 Å². The van der Waals surface area contributed by atoms with Gasteiger partial charge in [0.05, 0.1) is 54.9 Å². The van der Waals surface area contributed by atoms with E-state index in [1.54, 1.807) is 12.4 Å². The molecule has 9 nitrogen and oxygen atoms in total. The van der Waals surface area contributed by atoms with Crippen LogP contribution in [0.3, 0.4) is 0 Å². The number of urea groups is 1. The molecule has 2 amide bonds. The van der Waals surface area contributed by atoms with Crippen LogP contribution in [-0.2, 0) is 22.4 Å². The average Bonchev–Trinajstić information content (AvgIpc) is 3.32. The zero-order valence-electron chi connectivity index (χ0n) is 20.0. The lowest BCUT2D eigenvalue weighted by molar-refractivity contribution is -0.0923. The third kappa shape index (κ3) is 3.85. The molecule has 3 aromatic rings. The topological polar surface area (TPSA) is 95.6 Å². The Labute approximate surface area is 214 Å². The van der Waals surface area contributed by atoms with Crippen molar-refractivity contribution in [2.24, 2.45) is 0 Å². The maximum Gasteiger partial charge on any atom is 0.320 e. The van der Waals surface area contributed by atoms with Crippen LogP contribution in [0, 0.1) is 0 Å². The summed E-state index contributed by atoms with van der Waals surface area (Å²) in [4.78, 5) is 30.0. The fraction of sp³-hybridized carbons (Fsp3) is 0.500. The SMILES string of the molecule is O=C(N1CCc2cc(-c3cnc4[nH]cc(Cl)c4n3)cc([C@@H]3COCCN3)c2C1)N1CC2CCC1CO2. The summed E-state index contributed by atoms with van der Waals surface area (Å²) >= 11 is 6.32. The number of carbonyl (C=O) groups excluding carboxylic acids is 1. The molecule has 5 aliphatic heterocycles. The first-order valence-corrected chi connectivity index (χ1v) is 13.2. The zero-order chi connectivity index (χ0) is 24.2. The molecular weight excluding hydrogens is 480 g/mol. The number of H-pyrrole nitrogens is 1. The van der Waals surface area contributed by atoms with Gasteiger partial charge in [0.2, 0.25) is 0 Å². The fourth-order valence-corrected chi connectivity index (χ4v) is 6.24. The molecule has 188 valence electrons. The first-order valence-electron chi connectivity index (χ1n) is 12.8. The van der Waals surface area contributed by atoms with Gasteiger partial charge in [-0.2, -0.15) is 0 Å². The van der Waals surface area contributed by atoms with Gasteiger partial charge in [0, 0.05) is 37.9 Å². The molecule has 1 aromatic carbocycles. The number of halogens is 1. The molecule has 3 atom stereocenters. The van der Waals surface area contributed by atoms with E-state index in [0.717, 1.165) is 37.1 Å². The van der Waals surface area contributed by atoms with Crippen LogP contribution in [0.1, 0.15) is 35.6 Å². The molecule has 2 N–H and O–H groups in total. The standard InChI is InChI=1S/C26H29ClN6O3/c27-21-9-29-25-24(21)31-22(10-30-25)16-7-15-3-5-32(26(34)33-11-18-2-1-17(33)13-36-18)12-20(15)19(8-16)23-14-35-6-4-28-23/h7-10,17-18,23,28H,1-6,11-14H2,(H,29,30)/t17?,18?,23-/m0/s1. The van der Waals surface area contributed by atoms with E-state index >= 15 is 0 Å². The minimum absolute atomic E-state index is 0.0643. The summed E-state index contributed by atoms with van der Waals surface area (Å²) in [5.74, 6) is 0. The van der Waals surface area contributed by atoms with E-state index in [2.05, 4.69) is 27.4 Å². The van der Waals surface area contributed by atoms with Crippen LogP contribution in [-0.4, -0.2) is 82.4 Å². The van der Waals surface area contributed by atoms with E-state index < -0.39 is 0 Å². The molecule has 5 aliphatic rings. The lowest BCUT2D eigenvalue weighted by atomic mass is 9.88. The molecule has 0 aliphatic carbocycles. The van der Waals surface area contributed by atoms with Crippen LogP contribution >= 0.6 is 11.6 Å². The molecule has 0 saturated carbocycles. The highest BCUT2D eigenvalue weighted by atomic mass is 35.5. The highest BCUT2D eigenvalue weighted by molar-refractivity contribution is 6.34. The Bertz CT molecular complexity index is 1310. The van der Waals surface area contributed by atoms with Crippen LogP contribution < -0.4 is 5.32 Å². The Hall–Kier alpha value is -2.72. The number of nitrogens with one attached hydrogen (secondary N) is 2. The monoisotopic (exact) mass is 508 g/mol. The van der Waals surface area contributed by atoms with E-state index in [1.807, 2.05) is 9.80 Å². The summed E-state index contributed by atoms with van der Waals surface area (Å²) in [5.41, 5.74) is 6.78. The summed E-state index contributed by atoms with van der Waals surface area (Å²) in [6, 6.07) is 4.80. The second-order valence-corrected chi connectivity index (χ2v) is 10.6. The number of benzene rings is 1. The minimum Gasteiger partial charge on any atom is -0.378 e. The van der Waals surface area contributed by atoms with Crippen LogP contribution in [0.15, 0.2) is 24.5 Å². The Morgan fingerprint density at radius 2 is 2.17 bits per heavy atom. The number of rotatable bonds is 2. The summed E-state index contributed by atoms with van der Waals surface area (Å²) in [6.07, 6.45) is 6.58.